The third-order valence-corrected chi connectivity index (χ3v) is 7.02. The molecule has 0 amide bonds. The highest BCUT2D eigenvalue weighted by Gasteiger charge is 2.57. The zero-order valence-electron chi connectivity index (χ0n) is 17.2. The lowest BCUT2D eigenvalue weighted by atomic mass is 9.86. The Kier molecular flexibility index (Phi) is 6.09. The van der Waals surface area contributed by atoms with Crippen molar-refractivity contribution in [3.8, 4) is 0 Å². The molecule has 1 unspecified atom stereocenters. The van der Waals surface area contributed by atoms with Crippen molar-refractivity contribution in [1.29, 1.82) is 0 Å². The van der Waals surface area contributed by atoms with Gasteiger partial charge < -0.3 is 9.80 Å². The molecule has 2 fully saturated rings. The first-order valence-corrected chi connectivity index (χ1v) is 11.2. The van der Waals surface area contributed by atoms with E-state index in [0.29, 0.717) is 18.3 Å². The number of benzene rings is 1. The van der Waals surface area contributed by atoms with Crippen LogP contribution in [0.3, 0.4) is 0 Å². The lowest BCUT2D eigenvalue weighted by Crippen LogP contribution is -2.36. The molecule has 160 valence electrons. The van der Waals surface area contributed by atoms with E-state index < -0.39 is 11.8 Å². The van der Waals surface area contributed by atoms with Crippen LogP contribution in [0.15, 0.2) is 56.9 Å². The summed E-state index contributed by atoms with van der Waals surface area (Å²) in [4.78, 5) is 4.29. The standard InChI is InChI=1S/C23H27BrF2N4/c1-16-5-3-4-6-19(16)17-7-10-29(11-8-17)21-9-12-30(15-20(21)24)22(28-27-2)13-18-14-23(18,25)26/h3-6,9,12,17-18H,2,7-8,10-11,13-15H2,1H3/b28-22-. The first-order chi connectivity index (χ1) is 14.4. The second kappa shape index (κ2) is 8.61. The van der Waals surface area contributed by atoms with Gasteiger partial charge in [0.2, 0.25) is 0 Å². The topological polar surface area (TPSA) is 31.2 Å². The Morgan fingerprint density at radius 1 is 1.27 bits per heavy atom. The summed E-state index contributed by atoms with van der Waals surface area (Å²) in [6, 6.07) is 8.66. The maximum atomic E-state index is 13.4. The van der Waals surface area contributed by atoms with Crippen LogP contribution in [0.1, 0.15) is 42.7 Å². The van der Waals surface area contributed by atoms with E-state index in [1.807, 2.05) is 17.2 Å². The zero-order chi connectivity index (χ0) is 21.3. The maximum Gasteiger partial charge on any atom is 0.252 e. The number of allylic oxidation sites excluding steroid dienone is 1. The number of piperidine rings is 1. The van der Waals surface area contributed by atoms with Crippen LogP contribution >= 0.6 is 15.9 Å². The molecule has 0 spiro atoms. The molecule has 1 atom stereocenters. The van der Waals surface area contributed by atoms with Crippen LogP contribution in [0.5, 0.6) is 0 Å². The zero-order valence-corrected chi connectivity index (χ0v) is 18.8. The van der Waals surface area contributed by atoms with Gasteiger partial charge in [-0.15, -0.1) is 5.10 Å². The Bertz CT molecular complexity index is 900. The van der Waals surface area contributed by atoms with Gasteiger partial charge in [0.25, 0.3) is 5.92 Å². The summed E-state index contributed by atoms with van der Waals surface area (Å²) >= 11 is 3.72. The Hall–Kier alpha value is -2.02. The number of likely N-dealkylation sites (tertiary alicyclic amines) is 1. The summed E-state index contributed by atoms with van der Waals surface area (Å²) in [6.45, 7) is 8.15. The summed E-state index contributed by atoms with van der Waals surface area (Å²) < 4.78 is 27.8. The SMILES string of the molecule is C=N/N=C(/CC1CC1(F)F)N1C=CC(N2CCC(c3ccccc3C)CC2)=C(Br)C1. The van der Waals surface area contributed by atoms with E-state index in [9.17, 15) is 8.78 Å². The van der Waals surface area contributed by atoms with E-state index in [4.69, 9.17) is 0 Å². The molecule has 3 aliphatic rings. The molecule has 1 aromatic rings. The molecule has 0 aromatic heterocycles. The van der Waals surface area contributed by atoms with Gasteiger partial charge in [-0.25, -0.2) is 8.78 Å². The lowest BCUT2D eigenvalue weighted by Gasteiger charge is -2.37. The minimum absolute atomic E-state index is 0.0706. The molecule has 2 aliphatic heterocycles. The predicted octanol–water partition coefficient (Wildman–Crippen LogP) is 5.67. The largest absolute Gasteiger partial charge is 0.371 e. The number of halogens is 3. The molecular weight excluding hydrogens is 450 g/mol. The van der Waals surface area contributed by atoms with Crippen molar-refractivity contribution in [2.75, 3.05) is 19.6 Å². The molecule has 1 aromatic carbocycles. The van der Waals surface area contributed by atoms with E-state index in [2.05, 4.69) is 68.9 Å². The van der Waals surface area contributed by atoms with Gasteiger partial charge in [-0.2, -0.15) is 5.10 Å². The number of rotatable bonds is 5. The average molecular weight is 477 g/mol. The molecule has 1 aliphatic carbocycles. The van der Waals surface area contributed by atoms with Crippen molar-refractivity contribution >= 4 is 28.5 Å². The first-order valence-electron chi connectivity index (χ1n) is 10.4. The van der Waals surface area contributed by atoms with Gasteiger partial charge in [0, 0.05) is 49.2 Å². The van der Waals surface area contributed by atoms with Crippen LogP contribution in [-0.4, -0.2) is 47.9 Å². The van der Waals surface area contributed by atoms with E-state index in [1.165, 1.54) is 11.1 Å². The third-order valence-electron chi connectivity index (χ3n) is 6.37. The molecule has 4 rings (SSSR count). The number of alkyl halides is 2. The Morgan fingerprint density at radius 2 is 1.97 bits per heavy atom. The van der Waals surface area contributed by atoms with Gasteiger partial charge in [-0.3, -0.25) is 0 Å². The van der Waals surface area contributed by atoms with E-state index >= 15 is 0 Å². The maximum absolute atomic E-state index is 13.4. The summed E-state index contributed by atoms with van der Waals surface area (Å²) in [5, 5.41) is 7.63. The molecule has 2 heterocycles. The van der Waals surface area contributed by atoms with Gasteiger partial charge >= 0.3 is 0 Å². The first kappa shape index (κ1) is 21.2. The summed E-state index contributed by atoms with van der Waals surface area (Å²) in [5.74, 6) is -2.07. The van der Waals surface area contributed by atoms with Crippen LogP contribution in [0.2, 0.25) is 0 Å². The van der Waals surface area contributed by atoms with Crippen molar-refractivity contribution in [2.24, 2.45) is 16.1 Å². The lowest BCUT2D eigenvalue weighted by molar-refractivity contribution is 0.0998. The highest BCUT2D eigenvalue weighted by atomic mass is 79.9. The summed E-state index contributed by atoms with van der Waals surface area (Å²) in [6.07, 6.45) is 6.36. The number of nitrogens with zero attached hydrogens (tertiary/aromatic N) is 4. The third kappa shape index (κ3) is 4.51. The second-order valence-corrected chi connectivity index (χ2v) is 9.33. The monoisotopic (exact) mass is 476 g/mol. The predicted molar refractivity (Wildman–Crippen MR) is 121 cm³/mol. The van der Waals surface area contributed by atoms with E-state index in [1.54, 1.807) is 0 Å². The van der Waals surface area contributed by atoms with Crippen LogP contribution in [0, 0.1) is 12.8 Å². The van der Waals surface area contributed by atoms with Gasteiger partial charge in [0.1, 0.15) is 5.84 Å². The molecule has 0 radical (unpaired) electrons. The van der Waals surface area contributed by atoms with Crippen molar-refractivity contribution in [1.82, 2.24) is 9.80 Å². The fourth-order valence-corrected chi connectivity index (χ4v) is 5.13. The van der Waals surface area contributed by atoms with Gasteiger partial charge in [0.15, 0.2) is 0 Å². The van der Waals surface area contributed by atoms with Crippen molar-refractivity contribution < 1.29 is 8.78 Å². The van der Waals surface area contributed by atoms with Gasteiger partial charge in [-0.1, -0.05) is 40.2 Å². The number of hydrogen-bond donors (Lipinski definition) is 0. The molecule has 1 saturated heterocycles. The molecule has 30 heavy (non-hydrogen) atoms. The fourth-order valence-electron chi connectivity index (χ4n) is 4.47. The minimum Gasteiger partial charge on any atom is -0.371 e. The highest BCUT2D eigenvalue weighted by Crippen LogP contribution is 2.51. The Balaban J connectivity index is 1.39. The van der Waals surface area contributed by atoms with Crippen molar-refractivity contribution in [3.05, 3.63) is 57.8 Å². The van der Waals surface area contributed by atoms with Crippen molar-refractivity contribution in [2.45, 2.75) is 44.4 Å². The fraction of sp³-hybridized carbons (Fsp3) is 0.478. The second-order valence-electron chi connectivity index (χ2n) is 8.38. The molecule has 0 bridgehead atoms. The smallest absolute Gasteiger partial charge is 0.252 e. The molecule has 0 N–H and O–H groups in total. The normalized spacial score (nSPS) is 24.4. The minimum atomic E-state index is -2.57. The van der Waals surface area contributed by atoms with Gasteiger partial charge in [-0.05, 0) is 42.9 Å². The molecular formula is C23H27BrF2N4. The van der Waals surface area contributed by atoms with Crippen LogP contribution in [0.25, 0.3) is 0 Å². The van der Waals surface area contributed by atoms with Crippen LogP contribution in [0.4, 0.5) is 8.78 Å². The van der Waals surface area contributed by atoms with E-state index in [-0.39, 0.29) is 12.8 Å². The van der Waals surface area contributed by atoms with Crippen LogP contribution in [-0.2, 0) is 0 Å². The quantitative estimate of drug-likeness (QED) is 0.311. The van der Waals surface area contributed by atoms with Crippen LogP contribution < -0.4 is 0 Å². The molecule has 1 saturated carbocycles. The highest BCUT2D eigenvalue weighted by molar-refractivity contribution is 9.11. The number of aryl methyl sites for hydroxylation is 1. The van der Waals surface area contributed by atoms with E-state index in [0.717, 1.165) is 36.1 Å². The van der Waals surface area contributed by atoms with Gasteiger partial charge in [0.05, 0.1) is 12.2 Å². The molecule has 4 nitrogen and oxygen atoms in total. The Labute approximate surface area is 185 Å². The molecule has 7 heteroatoms. The number of hydrogen-bond acceptors (Lipinski definition) is 3. The average Bonchev–Trinajstić information content (AvgIpc) is 3.34. The Morgan fingerprint density at radius 3 is 2.57 bits per heavy atom. The summed E-state index contributed by atoms with van der Waals surface area (Å²) in [5.41, 5.74) is 4.00. The summed E-state index contributed by atoms with van der Waals surface area (Å²) in [7, 11) is 0. The van der Waals surface area contributed by atoms with Crippen molar-refractivity contribution in [3.63, 3.8) is 0 Å². The number of amidine groups is 1.